The van der Waals surface area contributed by atoms with Gasteiger partial charge in [-0.15, -0.1) is 11.3 Å². The van der Waals surface area contributed by atoms with E-state index in [0.717, 1.165) is 0 Å². The molecule has 12 rings (SSSR count). The number of aromatic nitrogens is 1. The minimum atomic E-state index is -0.0748. The van der Waals surface area contributed by atoms with E-state index in [9.17, 15) is 0 Å². The van der Waals surface area contributed by atoms with Gasteiger partial charge in [0, 0.05) is 42.7 Å². The minimum absolute atomic E-state index is 0.0273. The largest absolute Gasteiger partial charge is 0.310 e. The molecule has 0 saturated carbocycles. The molecule has 0 saturated heterocycles. The molecule has 282 valence electrons. The Kier molecular flexibility index (Phi) is 6.61. The number of anilines is 3. The van der Waals surface area contributed by atoms with Gasteiger partial charge in [0.05, 0.1) is 16.7 Å². The Hall–Kier alpha value is -5.58. The predicted molar refractivity (Wildman–Crippen MR) is 254 cm³/mol. The lowest BCUT2D eigenvalue weighted by atomic mass is 9.36. The fraction of sp³-hybridized carbons (Fsp3) is 0.222. The van der Waals surface area contributed by atoms with Gasteiger partial charge in [-0.25, -0.2) is 0 Å². The van der Waals surface area contributed by atoms with Crippen molar-refractivity contribution in [3.8, 4) is 27.9 Å². The molecule has 1 aliphatic carbocycles. The van der Waals surface area contributed by atoms with E-state index >= 15 is 0 Å². The summed E-state index contributed by atoms with van der Waals surface area (Å²) in [4.78, 5) is 2.64. The van der Waals surface area contributed by atoms with Gasteiger partial charge in [-0.2, -0.15) is 0 Å². The first-order valence-electron chi connectivity index (χ1n) is 21.0. The Morgan fingerprint density at radius 1 is 0.517 bits per heavy atom. The fourth-order valence-corrected chi connectivity index (χ4v) is 11.9. The number of nitrogens with zero attached hydrogens (tertiary/aromatic N) is 2. The Balaban J connectivity index is 1.27. The maximum atomic E-state index is 2.67. The van der Waals surface area contributed by atoms with Gasteiger partial charge in [0.25, 0.3) is 6.71 Å². The molecule has 0 fully saturated rings. The standard InChI is InChI=1S/C54H47BN2S/c1-52(2,3)31-19-22-34(23-20-31)56-42-28-33(54(7,8)9)29-43-48(42)55(51-49(56)39-27-32(53(4,5)6)21-26-44(39)58-51)40-25-24-38-36-16-11-14-30-13-10-15-35(45(30)36)37-17-12-18-41-46(37)47(38)50(40)57(41)43/h10-29H,1-9H3. The Bertz CT molecular complexity index is 3280. The summed E-state index contributed by atoms with van der Waals surface area (Å²) in [5.41, 5.74) is 20.0. The topological polar surface area (TPSA) is 8.17 Å². The van der Waals surface area contributed by atoms with Crippen molar-refractivity contribution in [3.63, 3.8) is 0 Å². The SMILES string of the molecule is CC(C)(C)c1ccc(N2c3cc(C(C)(C)C)cc4c3B(c3sc5ccc(C(C)(C)C)cc5c32)c2ccc3c5c6c(cccc6n-4c25)-c2cccc4cccc-3c24)cc1. The van der Waals surface area contributed by atoms with Crippen molar-refractivity contribution in [1.29, 1.82) is 0 Å². The maximum absolute atomic E-state index is 2.67. The third-order valence-corrected chi connectivity index (χ3v) is 14.8. The molecule has 4 heterocycles. The molecule has 2 aliphatic heterocycles. The summed E-state index contributed by atoms with van der Waals surface area (Å²) in [6.07, 6.45) is 0. The highest BCUT2D eigenvalue weighted by atomic mass is 32.1. The monoisotopic (exact) mass is 766 g/mol. The maximum Gasteiger partial charge on any atom is 0.264 e. The van der Waals surface area contributed by atoms with Gasteiger partial charge in [0.2, 0.25) is 0 Å². The molecule has 7 aromatic carbocycles. The Labute approximate surface area is 345 Å². The average molecular weight is 767 g/mol. The lowest BCUT2D eigenvalue weighted by molar-refractivity contribution is 0.589. The summed E-state index contributed by atoms with van der Waals surface area (Å²) in [6.45, 7) is 21.1. The smallest absolute Gasteiger partial charge is 0.264 e. The summed E-state index contributed by atoms with van der Waals surface area (Å²) < 4.78 is 5.45. The predicted octanol–water partition coefficient (Wildman–Crippen LogP) is 13.3. The van der Waals surface area contributed by atoms with Crippen LogP contribution in [0.3, 0.4) is 0 Å². The molecule has 2 nitrogen and oxygen atoms in total. The Morgan fingerprint density at radius 3 is 1.79 bits per heavy atom. The summed E-state index contributed by atoms with van der Waals surface area (Å²) in [7, 11) is 0. The van der Waals surface area contributed by atoms with E-state index < -0.39 is 0 Å². The zero-order chi connectivity index (χ0) is 39.8. The molecule has 0 bridgehead atoms. The van der Waals surface area contributed by atoms with Crippen molar-refractivity contribution in [3.05, 3.63) is 138 Å². The first-order chi connectivity index (χ1) is 27.7. The van der Waals surface area contributed by atoms with Gasteiger partial charge in [0.1, 0.15) is 0 Å². The van der Waals surface area contributed by atoms with Crippen LogP contribution in [0.5, 0.6) is 0 Å². The second-order valence-electron chi connectivity index (χ2n) is 20.2. The summed E-state index contributed by atoms with van der Waals surface area (Å²) >= 11 is 2.00. The van der Waals surface area contributed by atoms with E-state index in [2.05, 4.69) is 193 Å². The lowest BCUT2D eigenvalue weighted by Gasteiger charge is -2.40. The molecular weight excluding hydrogens is 719 g/mol. The van der Waals surface area contributed by atoms with Crippen LogP contribution in [0.15, 0.2) is 121 Å². The van der Waals surface area contributed by atoms with Gasteiger partial charge in [-0.1, -0.05) is 141 Å². The highest BCUT2D eigenvalue weighted by Gasteiger charge is 2.45. The van der Waals surface area contributed by atoms with Crippen LogP contribution in [0.4, 0.5) is 17.1 Å². The van der Waals surface area contributed by atoms with Crippen LogP contribution in [0, 0.1) is 0 Å². The molecule has 0 N–H and O–H groups in total. The van der Waals surface area contributed by atoms with E-state index in [-0.39, 0.29) is 23.0 Å². The first kappa shape index (κ1) is 34.5. The highest BCUT2D eigenvalue weighted by Crippen LogP contribution is 2.52. The van der Waals surface area contributed by atoms with Crippen molar-refractivity contribution < 1.29 is 0 Å². The summed E-state index contributed by atoms with van der Waals surface area (Å²) in [5.74, 6) is 0. The van der Waals surface area contributed by atoms with Gasteiger partial charge in [-0.3, -0.25) is 0 Å². The third-order valence-electron chi connectivity index (χ3n) is 13.6. The quantitative estimate of drug-likeness (QED) is 0.151. The van der Waals surface area contributed by atoms with Crippen LogP contribution >= 0.6 is 11.3 Å². The van der Waals surface area contributed by atoms with Crippen molar-refractivity contribution in [2.75, 3.05) is 4.90 Å². The molecule has 58 heavy (non-hydrogen) atoms. The van der Waals surface area contributed by atoms with Crippen molar-refractivity contribution in [2.24, 2.45) is 0 Å². The highest BCUT2D eigenvalue weighted by molar-refractivity contribution is 7.33. The van der Waals surface area contributed by atoms with Crippen LogP contribution < -0.4 is 20.6 Å². The van der Waals surface area contributed by atoms with Crippen LogP contribution in [0.2, 0.25) is 0 Å². The molecule has 0 atom stereocenters. The number of hydrogen-bond acceptors (Lipinski definition) is 2. The molecule has 0 unspecified atom stereocenters. The van der Waals surface area contributed by atoms with Crippen LogP contribution in [-0.4, -0.2) is 11.3 Å². The summed E-state index contributed by atoms with van der Waals surface area (Å²) in [5, 5.41) is 6.76. The van der Waals surface area contributed by atoms with E-state index in [0.29, 0.717) is 0 Å². The zero-order valence-electron chi connectivity index (χ0n) is 34.9. The van der Waals surface area contributed by atoms with Crippen molar-refractivity contribution in [1.82, 2.24) is 4.57 Å². The third kappa shape index (κ3) is 4.45. The number of fused-ring (bicyclic) bond motifs is 9. The van der Waals surface area contributed by atoms with Crippen LogP contribution in [0.1, 0.15) is 79.0 Å². The fourth-order valence-electron chi connectivity index (χ4n) is 10.6. The normalized spacial score (nSPS) is 14.2. The van der Waals surface area contributed by atoms with Crippen molar-refractivity contribution >= 4 is 93.5 Å². The van der Waals surface area contributed by atoms with Gasteiger partial charge < -0.3 is 9.47 Å². The van der Waals surface area contributed by atoms with Crippen LogP contribution in [0.25, 0.3) is 70.6 Å². The van der Waals surface area contributed by atoms with E-state index in [1.54, 1.807) is 0 Å². The molecule has 3 aliphatic rings. The van der Waals surface area contributed by atoms with Crippen LogP contribution in [-0.2, 0) is 16.2 Å². The molecule has 4 heteroatoms. The number of rotatable bonds is 1. The second-order valence-corrected chi connectivity index (χ2v) is 21.3. The molecule has 9 aromatic rings. The average Bonchev–Trinajstić information content (AvgIpc) is 3.71. The molecule has 0 radical (unpaired) electrons. The van der Waals surface area contributed by atoms with E-state index in [1.165, 1.54) is 120 Å². The second kappa shape index (κ2) is 11.1. The van der Waals surface area contributed by atoms with E-state index in [1.807, 2.05) is 11.3 Å². The Morgan fingerprint density at radius 2 is 1.12 bits per heavy atom. The number of hydrogen-bond donors (Lipinski definition) is 0. The zero-order valence-corrected chi connectivity index (χ0v) is 35.7. The van der Waals surface area contributed by atoms with Gasteiger partial charge >= 0.3 is 0 Å². The molecular formula is C54H47BN2S. The number of thiophene rings is 1. The summed E-state index contributed by atoms with van der Waals surface area (Å²) in [6, 6.07) is 47.5. The van der Waals surface area contributed by atoms with Gasteiger partial charge in [-0.05, 0) is 119 Å². The lowest BCUT2D eigenvalue weighted by Crippen LogP contribution is -2.59. The molecule has 0 spiro atoms. The molecule has 0 amide bonds. The van der Waals surface area contributed by atoms with E-state index in [4.69, 9.17) is 0 Å². The number of benzene rings is 7. The molecule has 2 aromatic heterocycles. The van der Waals surface area contributed by atoms with Gasteiger partial charge in [0.15, 0.2) is 0 Å². The minimum Gasteiger partial charge on any atom is -0.310 e. The van der Waals surface area contributed by atoms with Crippen molar-refractivity contribution in [2.45, 2.75) is 78.6 Å². The first-order valence-corrected chi connectivity index (χ1v) is 21.8.